The van der Waals surface area contributed by atoms with Crippen molar-refractivity contribution in [3.05, 3.63) is 0 Å². The van der Waals surface area contributed by atoms with E-state index in [1.54, 1.807) is 12.0 Å². The highest BCUT2D eigenvalue weighted by Gasteiger charge is 2.26. The summed E-state index contributed by atoms with van der Waals surface area (Å²) < 4.78 is 5.25. The lowest BCUT2D eigenvalue weighted by molar-refractivity contribution is -0.137. The fourth-order valence-corrected chi connectivity index (χ4v) is 2.16. The van der Waals surface area contributed by atoms with Gasteiger partial charge >= 0.3 is 12.0 Å². The topological polar surface area (TPSA) is 70.1 Å². The maximum absolute atomic E-state index is 12.2. The second-order valence-electron chi connectivity index (χ2n) is 4.52. The standard InChI is InChI=1S/C12H22N2O4/c1-3-6-14(9-11(15)16)12(17)13-7-4-10(18-2)5-8-13/h10H,3-9H2,1-2H3,(H,15,16). The lowest BCUT2D eigenvalue weighted by Gasteiger charge is -2.34. The van der Waals surface area contributed by atoms with Crippen LogP contribution in [0.1, 0.15) is 26.2 Å². The zero-order valence-electron chi connectivity index (χ0n) is 11.1. The Morgan fingerprint density at radius 3 is 2.44 bits per heavy atom. The molecule has 1 aliphatic rings. The Morgan fingerprint density at radius 1 is 1.39 bits per heavy atom. The molecule has 1 N–H and O–H groups in total. The Kier molecular flexibility index (Phi) is 5.91. The third kappa shape index (κ3) is 4.18. The highest BCUT2D eigenvalue weighted by molar-refractivity contribution is 5.80. The number of nitrogens with zero attached hydrogens (tertiary/aromatic N) is 2. The van der Waals surface area contributed by atoms with Gasteiger partial charge in [-0.3, -0.25) is 4.79 Å². The number of aliphatic carboxylic acids is 1. The van der Waals surface area contributed by atoms with Gasteiger partial charge in [-0.2, -0.15) is 0 Å². The number of rotatable bonds is 5. The molecule has 2 amide bonds. The molecule has 1 aliphatic heterocycles. The molecular weight excluding hydrogens is 236 g/mol. The van der Waals surface area contributed by atoms with Gasteiger partial charge in [0.15, 0.2) is 0 Å². The number of carboxylic acids is 1. The number of carbonyl (C=O) groups is 2. The van der Waals surface area contributed by atoms with Crippen molar-refractivity contribution in [2.75, 3.05) is 33.3 Å². The van der Waals surface area contributed by atoms with E-state index < -0.39 is 5.97 Å². The molecular formula is C12H22N2O4. The van der Waals surface area contributed by atoms with Gasteiger partial charge in [0.2, 0.25) is 0 Å². The zero-order chi connectivity index (χ0) is 13.5. The summed E-state index contributed by atoms with van der Waals surface area (Å²) in [4.78, 5) is 26.0. The van der Waals surface area contributed by atoms with E-state index >= 15 is 0 Å². The Morgan fingerprint density at radius 2 is 2.00 bits per heavy atom. The molecule has 104 valence electrons. The highest BCUT2D eigenvalue weighted by atomic mass is 16.5. The van der Waals surface area contributed by atoms with Crippen molar-refractivity contribution in [2.24, 2.45) is 0 Å². The van der Waals surface area contributed by atoms with Gasteiger partial charge < -0.3 is 19.6 Å². The minimum absolute atomic E-state index is 0.172. The SMILES string of the molecule is CCCN(CC(=O)O)C(=O)N1CCC(OC)CC1. The van der Waals surface area contributed by atoms with Crippen molar-refractivity contribution in [3.8, 4) is 0 Å². The molecule has 1 heterocycles. The summed E-state index contributed by atoms with van der Waals surface area (Å²) in [6, 6.07) is -0.172. The average molecular weight is 258 g/mol. The van der Waals surface area contributed by atoms with Crippen LogP contribution in [0.15, 0.2) is 0 Å². The zero-order valence-corrected chi connectivity index (χ0v) is 11.1. The molecule has 0 saturated carbocycles. The van der Waals surface area contributed by atoms with E-state index in [0.717, 1.165) is 19.3 Å². The summed E-state index contributed by atoms with van der Waals surface area (Å²) >= 11 is 0. The van der Waals surface area contributed by atoms with Crippen LogP contribution in [0.4, 0.5) is 4.79 Å². The van der Waals surface area contributed by atoms with Crippen molar-refractivity contribution in [2.45, 2.75) is 32.3 Å². The van der Waals surface area contributed by atoms with Crippen LogP contribution >= 0.6 is 0 Å². The average Bonchev–Trinajstić information content (AvgIpc) is 2.37. The van der Waals surface area contributed by atoms with E-state index in [4.69, 9.17) is 9.84 Å². The predicted octanol–water partition coefficient (Wildman–Crippen LogP) is 1.01. The number of carboxylic acid groups (broad SMARTS) is 1. The third-order valence-electron chi connectivity index (χ3n) is 3.14. The number of methoxy groups -OCH3 is 1. The van der Waals surface area contributed by atoms with Crippen LogP contribution in [0.2, 0.25) is 0 Å². The Bertz CT molecular complexity index is 288. The van der Waals surface area contributed by atoms with Gasteiger partial charge in [0, 0.05) is 26.7 Å². The summed E-state index contributed by atoms with van der Waals surface area (Å²) in [6.07, 6.45) is 2.60. The fourth-order valence-electron chi connectivity index (χ4n) is 2.16. The largest absolute Gasteiger partial charge is 0.480 e. The minimum atomic E-state index is -0.969. The number of ether oxygens (including phenoxy) is 1. The van der Waals surface area contributed by atoms with Crippen LogP contribution < -0.4 is 0 Å². The van der Waals surface area contributed by atoms with E-state index in [2.05, 4.69) is 0 Å². The van der Waals surface area contributed by atoms with Crippen molar-refractivity contribution in [1.82, 2.24) is 9.80 Å². The van der Waals surface area contributed by atoms with Crippen LogP contribution in [0.5, 0.6) is 0 Å². The maximum atomic E-state index is 12.2. The molecule has 18 heavy (non-hydrogen) atoms. The van der Waals surface area contributed by atoms with Gasteiger partial charge in [-0.1, -0.05) is 6.92 Å². The first-order valence-electron chi connectivity index (χ1n) is 6.37. The Balaban J connectivity index is 2.52. The number of amides is 2. The van der Waals surface area contributed by atoms with E-state index in [-0.39, 0.29) is 18.7 Å². The van der Waals surface area contributed by atoms with Crippen LogP contribution in [-0.4, -0.2) is 66.3 Å². The van der Waals surface area contributed by atoms with Crippen LogP contribution in [0.3, 0.4) is 0 Å². The lowest BCUT2D eigenvalue weighted by atomic mass is 10.1. The molecule has 0 atom stereocenters. The smallest absolute Gasteiger partial charge is 0.323 e. The summed E-state index contributed by atoms with van der Waals surface area (Å²) in [7, 11) is 1.68. The number of urea groups is 1. The van der Waals surface area contributed by atoms with Gasteiger partial charge in [-0.15, -0.1) is 0 Å². The summed E-state index contributed by atoms with van der Waals surface area (Å²) in [5.41, 5.74) is 0. The molecule has 0 aromatic heterocycles. The Hall–Kier alpha value is -1.30. The van der Waals surface area contributed by atoms with E-state index in [1.807, 2.05) is 6.92 Å². The van der Waals surface area contributed by atoms with Gasteiger partial charge in [0.25, 0.3) is 0 Å². The van der Waals surface area contributed by atoms with Crippen molar-refractivity contribution in [1.29, 1.82) is 0 Å². The monoisotopic (exact) mass is 258 g/mol. The molecule has 0 radical (unpaired) electrons. The van der Waals surface area contributed by atoms with Crippen molar-refractivity contribution in [3.63, 3.8) is 0 Å². The van der Waals surface area contributed by atoms with Gasteiger partial charge in [0.05, 0.1) is 6.10 Å². The van der Waals surface area contributed by atoms with E-state index in [9.17, 15) is 9.59 Å². The summed E-state index contributed by atoms with van der Waals surface area (Å²) in [6.45, 7) is 3.46. The van der Waals surface area contributed by atoms with Crippen LogP contribution in [0.25, 0.3) is 0 Å². The minimum Gasteiger partial charge on any atom is -0.480 e. The van der Waals surface area contributed by atoms with Gasteiger partial charge in [0.1, 0.15) is 6.54 Å². The molecule has 6 nitrogen and oxygen atoms in total. The first-order valence-corrected chi connectivity index (χ1v) is 6.37. The van der Waals surface area contributed by atoms with Gasteiger partial charge in [-0.05, 0) is 19.3 Å². The number of hydrogen-bond donors (Lipinski definition) is 1. The number of carbonyl (C=O) groups excluding carboxylic acids is 1. The lowest BCUT2D eigenvalue weighted by Crippen LogP contribution is -2.49. The maximum Gasteiger partial charge on any atom is 0.323 e. The van der Waals surface area contributed by atoms with Crippen LogP contribution in [0, 0.1) is 0 Å². The molecule has 0 aliphatic carbocycles. The fraction of sp³-hybridized carbons (Fsp3) is 0.833. The molecule has 0 aromatic rings. The molecule has 6 heteroatoms. The number of likely N-dealkylation sites (tertiary alicyclic amines) is 1. The van der Waals surface area contributed by atoms with Crippen LogP contribution in [-0.2, 0) is 9.53 Å². The third-order valence-corrected chi connectivity index (χ3v) is 3.14. The molecule has 0 bridgehead atoms. The predicted molar refractivity (Wildman–Crippen MR) is 66.5 cm³/mol. The number of hydrogen-bond acceptors (Lipinski definition) is 3. The molecule has 0 aromatic carbocycles. The normalized spacial score (nSPS) is 16.7. The second kappa shape index (κ2) is 7.20. The number of piperidine rings is 1. The molecule has 0 unspecified atom stereocenters. The summed E-state index contributed by atoms with van der Waals surface area (Å²) in [5, 5.41) is 8.81. The summed E-state index contributed by atoms with van der Waals surface area (Å²) in [5.74, 6) is -0.969. The molecule has 1 fully saturated rings. The highest BCUT2D eigenvalue weighted by Crippen LogP contribution is 2.14. The molecule has 1 saturated heterocycles. The molecule has 0 spiro atoms. The Labute approximate surface area is 107 Å². The van der Waals surface area contributed by atoms with E-state index in [0.29, 0.717) is 19.6 Å². The van der Waals surface area contributed by atoms with E-state index in [1.165, 1.54) is 4.90 Å². The first kappa shape index (κ1) is 14.8. The first-order chi connectivity index (χ1) is 8.58. The quantitative estimate of drug-likeness (QED) is 0.799. The second-order valence-corrected chi connectivity index (χ2v) is 4.52. The van der Waals surface area contributed by atoms with Crippen molar-refractivity contribution < 1.29 is 19.4 Å². The molecule has 1 rings (SSSR count). The van der Waals surface area contributed by atoms with Crippen molar-refractivity contribution >= 4 is 12.0 Å². The van der Waals surface area contributed by atoms with Gasteiger partial charge in [-0.25, -0.2) is 4.79 Å².